The lowest BCUT2D eigenvalue weighted by Gasteiger charge is -2.40. The Morgan fingerprint density at radius 3 is 2.52 bits per heavy atom. The van der Waals surface area contributed by atoms with E-state index in [1.54, 1.807) is 43.4 Å². The van der Waals surface area contributed by atoms with E-state index in [2.05, 4.69) is 0 Å². The molecule has 0 bridgehead atoms. The van der Waals surface area contributed by atoms with Crippen LogP contribution in [-0.4, -0.2) is 55.9 Å². The fourth-order valence-electron chi connectivity index (χ4n) is 3.36. The van der Waals surface area contributed by atoms with Crippen LogP contribution in [0.15, 0.2) is 42.5 Å². The molecule has 27 heavy (non-hydrogen) atoms. The van der Waals surface area contributed by atoms with Gasteiger partial charge in [-0.05, 0) is 30.3 Å². The predicted octanol–water partition coefficient (Wildman–Crippen LogP) is 2.57. The van der Waals surface area contributed by atoms with Crippen molar-refractivity contribution in [2.24, 2.45) is 0 Å². The maximum atomic E-state index is 12.8. The van der Waals surface area contributed by atoms with Gasteiger partial charge in [0.05, 0.1) is 33.4 Å². The second-order valence-corrected chi connectivity index (χ2v) is 6.86. The molecule has 1 saturated heterocycles. The average Bonchev–Trinajstić information content (AvgIpc) is 2.68. The molecule has 0 aliphatic carbocycles. The summed E-state index contributed by atoms with van der Waals surface area (Å²) in [7, 11) is 3.22. The number of methoxy groups -OCH3 is 2. The molecule has 7 heteroatoms. The Bertz CT molecular complexity index is 797. The molecule has 2 aromatic carbocycles. The Balaban J connectivity index is 1.77. The van der Waals surface area contributed by atoms with E-state index >= 15 is 0 Å². The largest absolute Gasteiger partial charge is 0.497 e. The summed E-state index contributed by atoms with van der Waals surface area (Å²) < 4.78 is 10.7. The van der Waals surface area contributed by atoms with E-state index in [-0.39, 0.29) is 25.1 Å². The van der Waals surface area contributed by atoms with Crippen molar-refractivity contribution in [1.29, 1.82) is 0 Å². The maximum Gasteiger partial charge on any atom is 0.241 e. The number of piperazine rings is 1. The first-order valence-electron chi connectivity index (χ1n) is 8.67. The molecule has 1 amide bonds. The Hall–Kier alpha value is -2.28. The highest BCUT2D eigenvalue weighted by atomic mass is 35.5. The van der Waals surface area contributed by atoms with Crippen LogP contribution >= 0.6 is 11.6 Å². The normalized spacial score (nSPS) is 17.9. The molecule has 2 aromatic rings. The molecule has 1 atom stereocenters. The second-order valence-electron chi connectivity index (χ2n) is 6.42. The van der Waals surface area contributed by atoms with E-state index in [0.717, 1.165) is 11.3 Å². The summed E-state index contributed by atoms with van der Waals surface area (Å²) in [6.45, 7) is 1.24. The molecule has 0 radical (unpaired) electrons. The number of aliphatic hydroxyl groups is 1. The Morgan fingerprint density at radius 2 is 1.89 bits per heavy atom. The summed E-state index contributed by atoms with van der Waals surface area (Å²) >= 11 is 5.94. The van der Waals surface area contributed by atoms with Crippen molar-refractivity contribution >= 4 is 23.2 Å². The fourth-order valence-corrected chi connectivity index (χ4v) is 3.48. The zero-order chi connectivity index (χ0) is 19.4. The van der Waals surface area contributed by atoms with Gasteiger partial charge in [0, 0.05) is 35.4 Å². The minimum absolute atomic E-state index is 0.0601. The lowest BCUT2D eigenvalue weighted by molar-refractivity contribution is -0.122. The standard InChI is InChI=1S/C20H23ClN2O4/c1-26-18-8-3-14(19(9-18)27-2)10-22-11-17(13-24)23(20(25)12-22)16-6-4-15(21)5-7-16/h3-9,17,24H,10-13H2,1-2H3/t17-/m0/s1. The first kappa shape index (κ1) is 19.5. The molecule has 0 spiro atoms. The number of anilines is 1. The summed E-state index contributed by atoms with van der Waals surface area (Å²) in [5, 5.41) is 10.5. The summed E-state index contributed by atoms with van der Waals surface area (Å²) in [4.78, 5) is 16.5. The number of hydrogen-bond donors (Lipinski definition) is 1. The van der Waals surface area contributed by atoms with Gasteiger partial charge in [-0.25, -0.2) is 0 Å². The number of benzene rings is 2. The zero-order valence-electron chi connectivity index (χ0n) is 15.4. The van der Waals surface area contributed by atoms with Gasteiger partial charge in [0.1, 0.15) is 11.5 Å². The molecular formula is C20H23ClN2O4. The number of aliphatic hydroxyl groups excluding tert-OH is 1. The summed E-state index contributed by atoms with van der Waals surface area (Å²) in [6, 6.07) is 12.4. The molecule has 0 unspecified atom stereocenters. The SMILES string of the molecule is COc1ccc(CN2CC(=O)N(c3ccc(Cl)cc3)[C@H](CO)C2)c(OC)c1. The van der Waals surface area contributed by atoms with Crippen molar-refractivity contribution in [2.75, 3.05) is 38.8 Å². The van der Waals surface area contributed by atoms with Crippen LogP contribution < -0.4 is 14.4 Å². The first-order chi connectivity index (χ1) is 13.0. The summed E-state index contributed by atoms with van der Waals surface area (Å²) in [5.74, 6) is 1.37. The minimum atomic E-state index is -0.323. The molecular weight excluding hydrogens is 368 g/mol. The van der Waals surface area contributed by atoms with Gasteiger partial charge in [0.15, 0.2) is 0 Å². The third-order valence-electron chi connectivity index (χ3n) is 4.67. The van der Waals surface area contributed by atoms with Gasteiger partial charge in [-0.15, -0.1) is 0 Å². The number of carbonyl (C=O) groups is 1. The molecule has 1 aliphatic heterocycles. The van der Waals surface area contributed by atoms with Gasteiger partial charge in [0.2, 0.25) is 5.91 Å². The number of carbonyl (C=O) groups excluding carboxylic acids is 1. The van der Waals surface area contributed by atoms with Crippen molar-refractivity contribution in [1.82, 2.24) is 4.90 Å². The molecule has 1 heterocycles. The van der Waals surface area contributed by atoms with Crippen LogP contribution in [-0.2, 0) is 11.3 Å². The average molecular weight is 391 g/mol. The lowest BCUT2D eigenvalue weighted by Crippen LogP contribution is -2.57. The lowest BCUT2D eigenvalue weighted by atomic mass is 10.1. The van der Waals surface area contributed by atoms with Crippen molar-refractivity contribution < 1.29 is 19.4 Å². The number of hydrogen-bond acceptors (Lipinski definition) is 5. The van der Waals surface area contributed by atoms with Crippen LogP contribution in [0.5, 0.6) is 11.5 Å². The molecule has 6 nitrogen and oxygen atoms in total. The molecule has 144 valence electrons. The Labute approximate surface area is 163 Å². The van der Waals surface area contributed by atoms with Crippen molar-refractivity contribution in [2.45, 2.75) is 12.6 Å². The topological polar surface area (TPSA) is 62.2 Å². The number of halogens is 1. The summed E-state index contributed by atoms with van der Waals surface area (Å²) in [5.41, 5.74) is 1.70. The van der Waals surface area contributed by atoms with E-state index in [1.165, 1.54) is 0 Å². The van der Waals surface area contributed by atoms with Crippen LogP contribution in [0.1, 0.15) is 5.56 Å². The van der Waals surface area contributed by atoms with Crippen molar-refractivity contribution in [3.63, 3.8) is 0 Å². The van der Waals surface area contributed by atoms with Crippen LogP contribution in [0.4, 0.5) is 5.69 Å². The van der Waals surface area contributed by atoms with Crippen LogP contribution in [0, 0.1) is 0 Å². The molecule has 3 rings (SSSR count). The van der Waals surface area contributed by atoms with Crippen LogP contribution in [0.25, 0.3) is 0 Å². The molecule has 1 N–H and O–H groups in total. The monoisotopic (exact) mass is 390 g/mol. The smallest absolute Gasteiger partial charge is 0.241 e. The van der Waals surface area contributed by atoms with Gasteiger partial charge >= 0.3 is 0 Å². The third kappa shape index (κ3) is 4.35. The number of ether oxygens (including phenoxy) is 2. The molecule has 1 fully saturated rings. The molecule has 0 saturated carbocycles. The predicted molar refractivity (Wildman–Crippen MR) is 105 cm³/mol. The van der Waals surface area contributed by atoms with Gasteiger partial charge in [-0.3, -0.25) is 9.69 Å². The van der Waals surface area contributed by atoms with E-state index < -0.39 is 0 Å². The number of rotatable bonds is 6. The maximum absolute atomic E-state index is 12.8. The van der Waals surface area contributed by atoms with E-state index in [0.29, 0.717) is 29.6 Å². The van der Waals surface area contributed by atoms with Gasteiger partial charge < -0.3 is 19.5 Å². The van der Waals surface area contributed by atoms with Gasteiger partial charge in [0.25, 0.3) is 0 Å². The van der Waals surface area contributed by atoms with E-state index in [1.807, 2.05) is 23.1 Å². The second kappa shape index (κ2) is 8.61. The molecule has 0 aromatic heterocycles. The first-order valence-corrected chi connectivity index (χ1v) is 9.05. The Kier molecular flexibility index (Phi) is 6.21. The quantitative estimate of drug-likeness (QED) is 0.821. The third-order valence-corrected chi connectivity index (χ3v) is 4.92. The summed E-state index contributed by atoms with van der Waals surface area (Å²) in [6.07, 6.45) is 0. The highest BCUT2D eigenvalue weighted by Gasteiger charge is 2.33. The van der Waals surface area contributed by atoms with Crippen molar-refractivity contribution in [3.05, 3.63) is 53.1 Å². The van der Waals surface area contributed by atoms with Gasteiger partial charge in [-0.1, -0.05) is 17.7 Å². The Morgan fingerprint density at radius 1 is 1.15 bits per heavy atom. The van der Waals surface area contributed by atoms with E-state index in [9.17, 15) is 9.90 Å². The van der Waals surface area contributed by atoms with Crippen LogP contribution in [0.3, 0.4) is 0 Å². The van der Waals surface area contributed by atoms with Gasteiger partial charge in [-0.2, -0.15) is 0 Å². The fraction of sp³-hybridized carbons (Fsp3) is 0.350. The number of nitrogens with zero attached hydrogens (tertiary/aromatic N) is 2. The zero-order valence-corrected chi connectivity index (χ0v) is 16.1. The van der Waals surface area contributed by atoms with E-state index in [4.69, 9.17) is 21.1 Å². The van der Waals surface area contributed by atoms with Crippen LogP contribution in [0.2, 0.25) is 5.02 Å². The highest BCUT2D eigenvalue weighted by molar-refractivity contribution is 6.30. The molecule has 1 aliphatic rings. The highest BCUT2D eigenvalue weighted by Crippen LogP contribution is 2.28. The van der Waals surface area contributed by atoms with Crippen molar-refractivity contribution in [3.8, 4) is 11.5 Å². The minimum Gasteiger partial charge on any atom is -0.497 e. The number of amides is 1.